The summed E-state index contributed by atoms with van der Waals surface area (Å²) in [5, 5.41) is 4.13. The van der Waals surface area contributed by atoms with E-state index >= 15 is 0 Å². The molecule has 0 bridgehead atoms. The van der Waals surface area contributed by atoms with Gasteiger partial charge in [-0.2, -0.15) is 0 Å². The van der Waals surface area contributed by atoms with Crippen molar-refractivity contribution in [3.63, 3.8) is 0 Å². The summed E-state index contributed by atoms with van der Waals surface area (Å²) in [6, 6.07) is 6.21. The molecule has 1 aromatic carbocycles. The van der Waals surface area contributed by atoms with Crippen LogP contribution in [0.2, 0.25) is 5.02 Å². The van der Waals surface area contributed by atoms with E-state index in [2.05, 4.69) is 24.4 Å². The highest BCUT2D eigenvalue weighted by atomic mass is 35.5. The van der Waals surface area contributed by atoms with Gasteiger partial charge in [-0.3, -0.25) is 0 Å². The molecule has 0 radical (unpaired) electrons. The number of hydrogen-bond acceptors (Lipinski definition) is 1. The summed E-state index contributed by atoms with van der Waals surface area (Å²) < 4.78 is 0. The molecule has 76 valence electrons. The monoisotopic (exact) mass is 209 g/mol. The first-order chi connectivity index (χ1) is 6.68. The van der Waals surface area contributed by atoms with Gasteiger partial charge in [0.1, 0.15) is 0 Å². The standard InChI is InChI=1S/C12H16ClN/c1-9-3-4-10(13)7-11(9)12(5-6-12)8-14-2/h3-4,7,14H,5-6,8H2,1-2H3. The zero-order valence-electron chi connectivity index (χ0n) is 8.73. The van der Waals surface area contributed by atoms with E-state index in [0.29, 0.717) is 5.41 Å². The van der Waals surface area contributed by atoms with Gasteiger partial charge >= 0.3 is 0 Å². The van der Waals surface area contributed by atoms with Crippen LogP contribution >= 0.6 is 11.6 Å². The fourth-order valence-corrected chi connectivity index (χ4v) is 2.37. The normalized spacial score (nSPS) is 18.2. The van der Waals surface area contributed by atoms with E-state index in [1.165, 1.54) is 24.0 Å². The Labute approximate surface area is 90.5 Å². The maximum Gasteiger partial charge on any atom is 0.0409 e. The highest BCUT2D eigenvalue weighted by molar-refractivity contribution is 6.30. The maximum absolute atomic E-state index is 6.03. The van der Waals surface area contributed by atoms with Crippen molar-refractivity contribution in [2.75, 3.05) is 13.6 Å². The second kappa shape index (κ2) is 3.56. The number of halogens is 1. The lowest BCUT2D eigenvalue weighted by Crippen LogP contribution is -2.24. The zero-order chi connectivity index (χ0) is 10.2. The molecule has 1 aliphatic carbocycles. The minimum atomic E-state index is 0.379. The van der Waals surface area contributed by atoms with Crippen LogP contribution in [0.1, 0.15) is 24.0 Å². The fourth-order valence-electron chi connectivity index (χ4n) is 2.20. The van der Waals surface area contributed by atoms with Crippen LogP contribution in [0.4, 0.5) is 0 Å². The quantitative estimate of drug-likeness (QED) is 0.808. The molecule has 1 aromatic rings. The molecule has 1 N–H and O–H groups in total. The van der Waals surface area contributed by atoms with Gasteiger partial charge in [0, 0.05) is 17.0 Å². The van der Waals surface area contributed by atoms with E-state index in [-0.39, 0.29) is 0 Å². The van der Waals surface area contributed by atoms with E-state index in [9.17, 15) is 0 Å². The third-order valence-electron chi connectivity index (χ3n) is 3.14. The summed E-state index contributed by atoms with van der Waals surface area (Å²) in [7, 11) is 2.01. The van der Waals surface area contributed by atoms with Crippen molar-refractivity contribution in [3.05, 3.63) is 34.3 Å². The minimum Gasteiger partial charge on any atom is -0.319 e. The summed E-state index contributed by atoms with van der Waals surface area (Å²) in [6.45, 7) is 3.23. The fraction of sp³-hybridized carbons (Fsp3) is 0.500. The number of aryl methyl sites for hydroxylation is 1. The average molecular weight is 210 g/mol. The van der Waals surface area contributed by atoms with Crippen molar-refractivity contribution >= 4 is 11.6 Å². The van der Waals surface area contributed by atoms with Crippen LogP contribution in [0.25, 0.3) is 0 Å². The number of likely N-dealkylation sites (N-methyl/N-ethyl adjacent to an activating group) is 1. The lowest BCUT2D eigenvalue weighted by Gasteiger charge is -2.18. The number of hydrogen-bond donors (Lipinski definition) is 1. The van der Waals surface area contributed by atoms with Gasteiger partial charge < -0.3 is 5.32 Å². The van der Waals surface area contributed by atoms with Crippen LogP contribution in [0.5, 0.6) is 0 Å². The van der Waals surface area contributed by atoms with Crippen molar-refractivity contribution < 1.29 is 0 Å². The summed E-state index contributed by atoms with van der Waals surface area (Å²) >= 11 is 6.03. The van der Waals surface area contributed by atoms with Crippen LogP contribution < -0.4 is 5.32 Å². The van der Waals surface area contributed by atoms with Gasteiger partial charge in [0.25, 0.3) is 0 Å². The Balaban J connectivity index is 2.35. The Morgan fingerprint density at radius 2 is 2.14 bits per heavy atom. The summed E-state index contributed by atoms with van der Waals surface area (Å²) in [4.78, 5) is 0. The van der Waals surface area contributed by atoms with Crippen LogP contribution in [0, 0.1) is 6.92 Å². The van der Waals surface area contributed by atoms with E-state index in [1.807, 2.05) is 13.1 Å². The molecule has 0 unspecified atom stereocenters. The molecular formula is C12H16ClN. The first-order valence-corrected chi connectivity index (χ1v) is 5.47. The summed E-state index contributed by atoms with van der Waals surface area (Å²) in [5.74, 6) is 0. The van der Waals surface area contributed by atoms with Crippen LogP contribution in [0.15, 0.2) is 18.2 Å². The Bertz CT molecular complexity index is 342. The largest absolute Gasteiger partial charge is 0.319 e. The van der Waals surface area contributed by atoms with Crippen molar-refractivity contribution in [1.82, 2.24) is 5.32 Å². The first kappa shape index (κ1) is 10.0. The molecule has 14 heavy (non-hydrogen) atoms. The van der Waals surface area contributed by atoms with Crippen molar-refractivity contribution in [1.29, 1.82) is 0 Å². The second-order valence-electron chi connectivity index (χ2n) is 4.27. The molecule has 2 rings (SSSR count). The maximum atomic E-state index is 6.03. The molecule has 0 aromatic heterocycles. The number of rotatable bonds is 3. The molecule has 1 fully saturated rings. The predicted molar refractivity (Wildman–Crippen MR) is 61.0 cm³/mol. The van der Waals surface area contributed by atoms with Gasteiger partial charge in [0.05, 0.1) is 0 Å². The van der Waals surface area contributed by atoms with Crippen molar-refractivity contribution in [2.24, 2.45) is 0 Å². The highest BCUT2D eigenvalue weighted by Crippen LogP contribution is 2.49. The van der Waals surface area contributed by atoms with Gasteiger partial charge in [-0.15, -0.1) is 0 Å². The average Bonchev–Trinajstić information content (AvgIpc) is 2.91. The van der Waals surface area contributed by atoms with Gasteiger partial charge in [-0.1, -0.05) is 17.7 Å². The Kier molecular flexibility index (Phi) is 2.54. The summed E-state index contributed by atoms with van der Waals surface area (Å²) in [6.07, 6.45) is 2.57. The Morgan fingerprint density at radius 1 is 1.43 bits per heavy atom. The summed E-state index contributed by atoms with van der Waals surface area (Å²) in [5.41, 5.74) is 3.17. The Morgan fingerprint density at radius 3 is 2.71 bits per heavy atom. The molecule has 1 aliphatic rings. The molecule has 0 amide bonds. The second-order valence-corrected chi connectivity index (χ2v) is 4.71. The minimum absolute atomic E-state index is 0.379. The smallest absolute Gasteiger partial charge is 0.0409 e. The van der Waals surface area contributed by atoms with Crippen LogP contribution in [-0.4, -0.2) is 13.6 Å². The third kappa shape index (κ3) is 1.67. The van der Waals surface area contributed by atoms with Crippen LogP contribution in [-0.2, 0) is 5.41 Å². The van der Waals surface area contributed by atoms with E-state index < -0.39 is 0 Å². The molecule has 0 atom stereocenters. The predicted octanol–water partition coefficient (Wildman–Crippen LogP) is 2.90. The van der Waals surface area contributed by atoms with Gasteiger partial charge in [-0.25, -0.2) is 0 Å². The Hall–Kier alpha value is -0.530. The topological polar surface area (TPSA) is 12.0 Å². The first-order valence-electron chi connectivity index (χ1n) is 5.09. The van der Waals surface area contributed by atoms with Gasteiger partial charge in [-0.05, 0) is 50.1 Å². The molecule has 1 saturated carbocycles. The molecule has 0 aliphatic heterocycles. The molecule has 2 heteroatoms. The van der Waals surface area contributed by atoms with Gasteiger partial charge in [0.2, 0.25) is 0 Å². The van der Waals surface area contributed by atoms with E-state index in [1.54, 1.807) is 0 Å². The van der Waals surface area contributed by atoms with E-state index in [0.717, 1.165) is 11.6 Å². The highest BCUT2D eigenvalue weighted by Gasteiger charge is 2.44. The van der Waals surface area contributed by atoms with Crippen molar-refractivity contribution in [2.45, 2.75) is 25.2 Å². The van der Waals surface area contributed by atoms with E-state index in [4.69, 9.17) is 11.6 Å². The lowest BCUT2D eigenvalue weighted by molar-refractivity contribution is 0.621. The molecule has 0 saturated heterocycles. The molecular weight excluding hydrogens is 194 g/mol. The van der Waals surface area contributed by atoms with Crippen LogP contribution in [0.3, 0.4) is 0 Å². The number of benzene rings is 1. The zero-order valence-corrected chi connectivity index (χ0v) is 9.49. The molecule has 0 spiro atoms. The third-order valence-corrected chi connectivity index (χ3v) is 3.37. The van der Waals surface area contributed by atoms with Gasteiger partial charge in [0.15, 0.2) is 0 Å². The molecule has 1 nitrogen and oxygen atoms in total. The molecule has 0 heterocycles. The number of nitrogens with one attached hydrogen (secondary N) is 1. The lowest BCUT2D eigenvalue weighted by atomic mass is 9.92. The van der Waals surface area contributed by atoms with Crippen molar-refractivity contribution in [3.8, 4) is 0 Å². The SMILES string of the molecule is CNCC1(c2cc(Cl)ccc2C)CC1.